The Labute approximate surface area is 129 Å². The molecule has 0 spiro atoms. The molecule has 0 unspecified atom stereocenters. The predicted octanol–water partition coefficient (Wildman–Crippen LogP) is 3.50. The van der Waals surface area contributed by atoms with Crippen LogP contribution in [0.15, 0.2) is 23.7 Å². The monoisotopic (exact) mass is 322 g/mol. The molecule has 1 aromatic carbocycles. The van der Waals surface area contributed by atoms with Crippen LogP contribution in [-0.2, 0) is 0 Å². The highest BCUT2D eigenvalue weighted by molar-refractivity contribution is 7.16. The van der Waals surface area contributed by atoms with E-state index < -0.39 is 0 Å². The zero-order chi connectivity index (χ0) is 14.8. The first-order valence-electron chi connectivity index (χ1n) is 5.97. The first-order valence-corrected chi connectivity index (χ1v) is 7.23. The lowest BCUT2D eigenvalue weighted by Gasteiger charge is -2.11. The van der Waals surface area contributed by atoms with Crippen LogP contribution in [0.3, 0.4) is 0 Å². The van der Waals surface area contributed by atoms with Crippen molar-refractivity contribution in [2.75, 3.05) is 19.5 Å². The third-order valence-corrected chi connectivity index (χ3v) is 3.70. The van der Waals surface area contributed by atoms with E-state index in [2.05, 4.69) is 20.3 Å². The predicted molar refractivity (Wildman–Crippen MR) is 83.0 cm³/mol. The highest BCUT2D eigenvalue weighted by atomic mass is 35.5. The maximum Gasteiger partial charge on any atom is 0.225 e. The molecule has 0 aliphatic heterocycles. The maximum atomic E-state index is 5.93. The summed E-state index contributed by atoms with van der Waals surface area (Å²) in [5.41, 5.74) is 3.17. The average Bonchev–Trinajstić information content (AvgIpc) is 2.95. The number of hydrogen-bond acceptors (Lipinski definition) is 7. The third-order valence-electron chi connectivity index (χ3n) is 2.82. The lowest BCUT2D eigenvalue weighted by Crippen LogP contribution is -1.98. The number of anilines is 2. The molecule has 0 amide bonds. The molecule has 108 valence electrons. The van der Waals surface area contributed by atoms with E-state index in [0.717, 1.165) is 10.5 Å². The second-order valence-corrected chi connectivity index (χ2v) is 5.21. The van der Waals surface area contributed by atoms with Crippen molar-refractivity contribution in [2.45, 2.75) is 0 Å². The number of rotatable bonds is 4. The number of thiazole rings is 1. The van der Waals surface area contributed by atoms with E-state index in [0.29, 0.717) is 22.8 Å². The van der Waals surface area contributed by atoms with Gasteiger partial charge in [0.1, 0.15) is 5.52 Å². The van der Waals surface area contributed by atoms with Gasteiger partial charge in [0, 0.05) is 11.8 Å². The molecule has 0 saturated heterocycles. The van der Waals surface area contributed by atoms with Gasteiger partial charge in [-0.3, -0.25) is 0 Å². The normalized spacial score (nSPS) is 10.6. The molecule has 0 fully saturated rings. The minimum atomic E-state index is 0.176. The minimum absolute atomic E-state index is 0.176. The van der Waals surface area contributed by atoms with Crippen molar-refractivity contribution in [1.29, 1.82) is 0 Å². The molecule has 3 aromatic rings. The van der Waals surface area contributed by atoms with Crippen LogP contribution in [0.4, 0.5) is 11.5 Å². The van der Waals surface area contributed by atoms with Gasteiger partial charge in [0.15, 0.2) is 22.1 Å². The Hall–Kier alpha value is -2.12. The first kappa shape index (κ1) is 13.8. The van der Waals surface area contributed by atoms with Crippen LogP contribution in [0.1, 0.15) is 0 Å². The molecular formula is C13H11ClN4O2S. The van der Waals surface area contributed by atoms with Gasteiger partial charge in [-0.15, -0.1) is 11.3 Å². The van der Waals surface area contributed by atoms with Crippen LogP contribution in [-0.4, -0.2) is 29.2 Å². The van der Waals surface area contributed by atoms with Crippen LogP contribution < -0.4 is 14.8 Å². The van der Waals surface area contributed by atoms with E-state index in [1.807, 2.05) is 18.2 Å². The zero-order valence-corrected chi connectivity index (χ0v) is 12.8. The second kappa shape index (κ2) is 5.71. The molecule has 0 aliphatic carbocycles. The van der Waals surface area contributed by atoms with Gasteiger partial charge in [0.25, 0.3) is 0 Å². The summed E-state index contributed by atoms with van der Waals surface area (Å²) in [4.78, 5) is 13.3. The minimum Gasteiger partial charge on any atom is -0.493 e. The maximum absolute atomic E-state index is 5.93. The van der Waals surface area contributed by atoms with Crippen LogP contribution >= 0.6 is 22.9 Å². The quantitative estimate of drug-likeness (QED) is 0.741. The molecule has 0 bridgehead atoms. The van der Waals surface area contributed by atoms with Crippen LogP contribution in [0.25, 0.3) is 10.3 Å². The van der Waals surface area contributed by atoms with Gasteiger partial charge >= 0.3 is 0 Å². The van der Waals surface area contributed by atoms with Gasteiger partial charge in [0.05, 0.1) is 19.7 Å². The molecular weight excluding hydrogens is 312 g/mol. The number of aromatic nitrogens is 3. The van der Waals surface area contributed by atoms with Crippen LogP contribution in [0.5, 0.6) is 11.5 Å². The molecule has 3 rings (SSSR count). The Morgan fingerprint density at radius 2 is 1.95 bits per heavy atom. The lowest BCUT2D eigenvalue weighted by atomic mass is 10.2. The van der Waals surface area contributed by atoms with Crippen LogP contribution in [0.2, 0.25) is 5.28 Å². The van der Waals surface area contributed by atoms with Gasteiger partial charge < -0.3 is 14.8 Å². The Balaban J connectivity index is 2.00. The van der Waals surface area contributed by atoms with Gasteiger partial charge in [0.2, 0.25) is 5.28 Å². The molecule has 2 aromatic heterocycles. The molecule has 0 atom stereocenters. The van der Waals surface area contributed by atoms with Crippen LogP contribution in [0, 0.1) is 0 Å². The largest absolute Gasteiger partial charge is 0.493 e. The Morgan fingerprint density at radius 1 is 1.14 bits per heavy atom. The number of fused-ring (bicyclic) bond motifs is 1. The van der Waals surface area contributed by atoms with Gasteiger partial charge in [-0.1, -0.05) is 0 Å². The van der Waals surface area contributed by atoms with Gasteiger partial charge in [-0.25, -0.2) is 9.97 Å². The topological polar surface area (TPSA) is 69.2 Å². The summed E-state index contributed by atoms with van der Waals surface area (Å²) < 4.78 is 10.5. The van der Waals surface area contributed by atoms with Crippen molar-refractivity contribution < 1.29 is 9.47 Å². The van der Waals surface area contributed by atoms with Crippen molar-refractivity contribution >= 4 is 44.8 Å². The molecule has 0 radical (unpaired) electrons. The van der Waals surface area contributed by atoms with E-state index in [4.69, 9.17) is 21.1 Å². The summed E-state index contributed by atoms with van der Waals surface area (Å²) in [5, 5.41) is 3.35. The van der Waals surface area contributed by atoms with Crippen molar-refractivity contribution in [3.05, 3.63) is 29.0 Å². The fourth-order valence-corrected chi connectivity index (χ4v) is 2.75. The fourth-order valence-electron chi connectivity index (χ4n) is 1.87. The molecule has 8 heteroatoms. The number of methoxy groups -OCH3 is 2. The number of hydrogen-bond donors (Lipinski definition) is 1. The van der Waals surface area contributed by atoms with E-state index in [1.54, 1.807) is 19.7 Å². The Bertz CT molecular complexity index is 793. The highest BCUT2D eigenvalue weighted by Gasteiger charge is 2.11. The zero-order valence-electron chi connectivity index (χ0n) is 11.3. The molecule has 21 heavy (non-hydrogen) atoms. The number of nitrogens with one attached hydrogen (secondary N) is 1. The standard InChI is InChI=1S/C13H11ClN4O2S/c1-19-8-4-3-7(5-9(8)20-2)16-11-10-12(21-6-15-10)18-13(14)17-11/h3-6H,1-2H3,(H,16,17,18). The van der Waals surface area contributed by atoms with Gasteiger partial charge in [-0.2, -0.15) is 4.98 Å². The third kappa shape index (κ3) is 2.70. The van der Waals surface area contributed by atoms with Crippen molar-refractivity contribution in [1.82, 2.24) is 15.0 Å². The van der Waals surface area contributed by atoms with Gasteiger partial charge in [-0.05, 0) is 23.7 Å². The molecule has 0 saturated carbocycles. The number of nitrogens with zero attached hydrogens (tertiary/aromatic N) is 3. The van der Waals surface area contributed by atoms with Crippen molar-refractivity contribution in [3.8, 4) is 11.5 Å². The SMILES string of the molecule is COc1ccc(Nc2nc(Cl)nc3scnc23)cc1OC. The van der Waals surface area contributed by atoms with Crippen molar-refractivity contribution in [3.63, 3.8) is 0 Å². The van der Waals surface area contributed by atoms with E-state index in [9.17, 15) is 0 Å². The van der Waals surface area contributed by atoms with Crippen molar-refractivity contribution in [2.24, 2.45) is 0 Å². The first-order chi connectivity index (χ1) is 10.2. The summed E-state index contributed by atoms with van der Waals surface area (Å²) in [6.07, 6.45) is 0. The van der Waals surface area contributed by atoms with E-state index in [1.165, 1.54) is 11.3 Å². The molecule has 6 nitrogen and oxygen atoms in total. The number of ether oxygens (including phenoxy) is 2. The van der Waals surface area contributed by atoms with E-state index in [-0.39, 0.29) is 5.28 Å². The molecule has 0 aliphatic rings. The summed E-state index contributed by atoms with van der Waals surface area (Å²) in [6, 6.07) is 5.48. The average molecular weight is 323 g/mol. The lowest BCUT2D eigenvalue weighted by molar-refractivity contribution is 0.355. The number of halogens is 1. The summed E-state index contributed by atoms with van der Waals surface area (Å²) in [7, 11) is 3.18. The number of benzene rings is 1. The van der Waals surface area contributed by atoms with E-state index >= 15 is 0 Å². The fraction of sp³-hybridized carbons (Fsp3) is 0.154. The highest BCUT2D eigenvalue weighted by Crippen LogP contribution is 2.32. The summed E-state index contributed by atoms with van der Waals surface area (Å²) in [5.74, 6) is 1.83. The Kier molecular flexibility index (Phi) is 3.76. The summed E-state index contributed by atoms with van der Waals surface area (Å²) in [6.45, 7) is 0. The summed E-state index contributed by atoms with van der Waals surface area (Å²) >= 11 is 7.33. The Morgan fingerprint density at radius 3 is 2.71 bits per heavy atom. The molecule has 1 N–H and O–H groups in total. The second-order valence-electron chi connectivity index (χ2n) is 4.04. The molecule has 2 heterocycles. The smallest absolute Gasteiger partial charge is 0.225 e.